The number of fused-ring (bicyclic) bond motifs is 1. The van der Waals surface area contributed by atoms with Crippen LogP contribution in [0, 0.1) is 0 Å². The Morgan fingerprint density at radius 1 is 0.955 bits per heavy atom. The molecule has 22 heavy (non-hydrogen) atoms. The molecule has 0 aliphatic carbocycles. The van der Waals surface area contributed by atoms with Crippen molar-refractivity contribution in [1.29, 1.82) is 0 Å². The van der Waals surface area contributed by atoms with Crippen LogP contribution < -0.4 is 40.0 Å². The molecule has 0 saturated carbocycles. The number of halogens is 1. The Kier molecular flexibility index (Phi) is 5.48. The van der Waals surface area contributed by atoms with E-state index in [0.29, 0.717) is 10.7 Å². The summed E-state index contributed by atoms with van der Waals surface area (Å²) in [5, 5.41) is 16.9. The van der Waals surface area contributed by atoms with E-state index in [-0.39, 0.29) is 40.9 Å². The number of carbonyl (C=O) groups is 1. The molecule has 1 amide bonds. The van der Waals surface area contributed by atoms with Crippen LogP contribution in [0.1, 0.15) is 10.4 Å². The van der Waals surface area contributed by atoms with Gasteiger partial charge in [0.25, 0.3) is 5.91 Å². The average Bonchev–Trinajstić information content (AvgIpc) is 2.46. The summed E-state index contributed by atoms with van der Waals surface area (Å²) in [6.45, 7) is 0. The number of amides is 1. The fourth-order valence-electron chi connectivity index (χ4n) is 2.16. The van der Waals surface area contributed by atoms with Gasteiger partial charge in [-0.25, -0.2) is 0 Å². The minimum atomic E-state index is -0.437. The van der Waals surface area contributed by atoms with Crippen LogP contribution in [-0.2, 0) is 0 Å². The second kappa shape index (κ2) is 7.16. The zero-order valence-electron chi connectivity index (χ0n) is 12.0. The van der Waals surface area contributed by atoms with Gasteiger partial charge in [0.05, 0.1) is 0 Å². The third-order valence-corrected chi connectivity index (χ3v) is 3.41. The molecule has 5 heteroatoms. The van der Waals surface area contributed by atoms with Crippen molar-refractivity contribution >= 4 is 34.0 Å². The molecule has 3 aromatic carbocycles. The van der Waals surface area contributed by atoms with Crippen LogP contribution in [0.5, 0.6) is 5.75 Å². The number of rotatable bonds is 2. The van der Waals surface area contributed by atoms with Gasteiger partial charge in [-0.05, 0) is 35.0 Å². The topological polar surface area (TPSA) is 52.2 Å². The molecular weight excluding hydrogens is 309 g/mol. The molecule has 0 aromatic heterocycles. The molecule has 0 heterocycles. The van der Waals surface area contributed by atoms with Crippen LogP contribution in [0.2, 0.25) is 5.02 Å². The summed E-state index contributed by atoms with van der Waals surface area (Å²) in [6.07, 6.45) is 0. The molecule has 0 radical (unpaired) electrons. The van der Waals surface area contributed by atoms with Gasteiger partial charge in [-0.1, -0.05) is 53.7 Å². The zero-order valence-corrected chi connectivity index (χ0v) is 14.7. The van der Waals surface area contributed by atoms with Gasteiger partial charge in [0.1, 0.15) is 0 Å². The number of benzene rings is 3. The van der Waals surface area contributed by atoms with Gasteiger partial charge in [0.2, 0.25) is 0 Å². The SMILES string of the molecule is O=C(Nc1cccc(Cl)c1)c1cc2ccccc2cc1[O-].[Na+]. The molecule has 1 N–H and O–H groups in total. The minimum Gasteiger partial charge on any atom is -0.872 e. The van der Waals surface area contributed by atoms with Crippen LogP contribution in [0.15, 0.2) is 60.7 Å². The van der Waals surface area contributed by atoms with E-state index in [2.05, 4.69) is 5.32 Å². The summed E-state index contributed by atoms with van der Waals surface area (Å²) in [5.74, 6) is -0.735. The van der Waals surface area contributed by atoms with Crippen LogP contribution in [0.25, 0.3) is 10.8 Å². The molecular formula is C17H11ClNNaO2. The molecule has 104 valence electrons. The quantitative estimate of drug-likeness (QED) is 0.711. The first-order valence-corrected chi connectivity index (χ1v) is 6.78. The fraction of sp³-hybridized carbons (Fsp3) is 0. The van der Waals surface area contributed by atoms with E-state index in [4.69, 9.17) is 11.6 Å². The van der Waals surface area contributed by atoms with E-state index in [9.17, 15) is 9.90 Å². The molecule has 3 rings (SSSR count). The second-order valence-corrected chi connectivity index (χ2v) is 5.10. The van der Waals surface area contributed by atoms with Crippen molar-refractivity contribution < 1.29 is 39.5 Å². The summed E-state index contributed by atoms with van der Waals surface area (Å²) in [7, 11) is 0. The largest absolute Gasteiger partial charge is 1.00 e. The number of carbonyl (C=O) groups excluding carboxylic acids is 1. The van der Waals surface area contributed by atoms with Crippen LogP contribution in [-0.4, -0.2) is 5.91 Å². The third kappa shape index (κ3) is 3.62. The Balaban J connectivity index is 0.00000176. The summed E-state index contributed by atoms with van der Waals surface area (Å²) in [5.41, 5.74) is 0.675. The van der Waals surface area contributed by atoms with Gasteiger partial charge >= 0.3 is 29.6 Å². The summed E-state index contributed by atoms with van der Waals surface area (Å²) >= 11 is 5.87. The van der Waals surface area contributed by atoms with Gasteiger partial charge in [0, 0.05) is 16.3 Å². The van der Waals surface area contributed by atoms with Gasteiger partial charge in [-0.15, -0.1) is 0 Å². The average molecular weight is 320 g/mol. The summed E-state index contributed by atoms with van der Waals surface area (Å²) in [4.78, 5) is 12.2. The van der Waals surface area contributed by atoms with Crippen molar-refractivity contribution in [1.82, 2.24) is 0 Å². The zero-order chi connectivity index (χ0) is 14.8. The number of hydrogen-bond donors (Lipinski definition) is 1. The first-order valence-electron chi connectivity index (χ1n) is 6.40. The number of nitrogens with one attached hydrogen (secondary N) is 1. The molecule has 3 nitrogen and oxygen atoms in total. The first-order chi connectivity index (χ1) is 10.1. The Bertz CT molecular complexity index is 836. The minimum absolute atomic E-state index is 0. The maximum Gasteiger partial charge on any atom is 1.00 e. The Hall–Kier alpha value is -1.52. The monoisotopic (exact) mass is 319 g/mol. The smallest absolute Gasteiger partial charge is 0.872 e. The predicted molar refractivity (Wildman–Crippen MR) is 82.8 cm³/mol. The van der Waals surface area contributed by atoms with E-state index in [1.165, 1.54) is 6.07 Å². The molecule has 0 aliphatic heterocycles. The molecule has 0 aliphatic rings. The van der Waals surface area contributed by atoms with E-state index < -0.39 is 5.91 Å². The standard InChI is InChI=1S/C17H12ClNO2.Na/c18-13-6-3-7-14(10-13)19-17(21)15-8-11-4-1-2-5-12(11)9-16(15)20;/h1-10,20H,(H,19,21);/q;+1/p-1. The predicted octanol–water partition coefficient (Wildman–Crippen LogP) is 0.823. The van der Waals surface area contributed by atoms with Crippen molar-refractivity contribution in [2.75, 3.05) is 5.32 Å². The molecule has 0 unspecified atom stereocenters. The van der Waals surface area contributed by atoms with E-state index in [0.717, 1.165) is 10.8 Å². The maximum atomic E-state index is 12.2. The van der Waals surface area contributed by atoms with Crippen molar-refractivity contribution in [2.45, 2.75) is 0 Å². The van der Waals surface area contributed by atoms with E-state index in [1.807, 2.05) is 24.3 Å². The molecule has 0 fully saturated rings. The van der Waals surface area contributed by atoms with Crippen molar-refractivity contribution in [3.8, 4) is 5.75 Å². The van der Waals surface area contributed by atoms with Crippen molar-refractivity contribution in [3.63, 3.8) is 0 Å². The normalized spacial score (nSPS) is 10.0. The molecule has 0 bridgehead atoms. The molecule has 3 aromatic rings. The number of anilines is 1. The van der Waals surface area contributed by atoms with Crippen LogP contribution in [0.4, 0.5) is 5.69 Å². The Morgan fingerprint density at radius 2 is 1.64 bits per heavy atom. The van der Waals surface area contributed by atoms with Crippen LogP contribution >= 0.6 is 11.6 Å². The summed E-state index contributed by atoms with van der Waals surface area (Å²) in [6, 6.07) is 17.3. The summed E-state index contributed by atoms with van der Waals surface area (Å²) < 4.78 is 0. The Morgan fingerprint density at radius 3 is 2.32 bits per heavy atom. The molecule has 0 spiro atoms. The van der Waals surface area contributed by atoms with Crippen molar-refractivity contribution in [2.24, 2.45) is 0 Å². The van der Waals surface area contributed by atoms with Gasteiger partial charge in [0.15, 0.2) is 0 Å². The van der Waals surface area contributed by atoms with E-state index >= 15 is 0 Å². The maximum absolute atomic E-state index is 12.2. The molecule has 0 atom stereocenters. The number of hydrogen-bond acceptors (Lipinski definition) is 2. The van der Waals surface area contributed by atoms with Crippen LogP contribution in [0.3, 0.4) is 0 Å². The van der Waals surface area contributed by atoms with Gasteiger partial charge in [-0.3, -0.25) is 4.79 Å². The third-order valence-electron chi connectivity index (χ3n) is 3.18. The molecule has 0 saturated heterocycles. The van der Waals surface area contributed by atoms with Crippen molar-refractivity contribution in [3.05, 3.63) is 71.2 Å². The van der Waals surface area contributed by atoms with Gasteiger partial charge in [-0.2, -0.15) is 0 Å². The second-order valence-electron chi connectivity index (χ2n) is 4.66. The van der Waals surface area contributed by atoms with Gasteiger partial charge < -0.3 is 10.4 Å². The fourth-order valence-corrected chi connectivity index (χ4v) is 2.35. The van der Waals surface area contributed by atoms with E-state index in [1.54, 1.807) is 30.3 Å². The first kappa shape index (κ1) is 16.8. The Labute approximate surface area is 155 Å².